The number of hydrogen-bond donors (Lipinski definition) is 2. The van der Waals surface area contributed by atoms with Crippen molar-refractivity contribution in [2.45, 2.75) is 18.9 Å². The average Bonchev–Trinajstić information content (AvgIpc) is 2.76. The van der Waals surface area contributed by atoms with Gasteiger partial charge in [-0.1, -0.05) is 15.9 Å². The Morgan fingerprint density at radius 1 is 1.59 bits per heavy atom. The molecular formula is C12H17BrN2OS. The summed E-state index contributed by atoms with van der Waals surface area (Å²) in [7, 11) is 0. The van der Waals surface area contributed by atoms with Crippen LogP contribution in [0, 0.1) is 0 Å². The van der Waals surface area contributed by atoms with E-state index in [1.807, 2.05) is 0 Å². The summed E-state index contributed by atoms with van der Waals surface area (Å²) in [5.41, 5.74) is 5.41. The molecule has 0 fully saturated rings. The summed E-state index contributed by atoms with van der Waals surface area (Å²) in [6, 6.07) is 4.56. The molecule has 2 rings (SSSR count). The zero-order valence-corrected chi connectivity index (χ0v) is 12.2. The topological polar surface area (TPSA) is 47.3 Å². The van der Waals surface area contributed by atoms with Crippen molar-refractivity contribution < 1.29 is 4.74 Å². The first-order chi connectivity index (χ1) is 8.24. The van der Waals surface area contributed by atoms with Gasteiger partial charge in [0.15, 0.2) is 0 Å². The van der Waals surface area contributed by atoms with Gasteiger partial charge in [0.25, 0.3) is 0 Å². The fraction of sp³-hybridized carbons (Fsp3) is 0.500. The number of fused-ring (bicyclic) bond motifs is 1. The van der Waals surface area contributed by atoms with Gasteiger partial charge in [-0.3, -0.25) is 11.3 Å². The summed E-state index contributed by atoms with van der Waals surface area (Å²) < 4.78 is 6.83. The van der Waals surface area contributed by atoms with E-state index in [-0.39, 0.29) is 6.04 Å². The molecule has 94 valence electrons. The fourth-order valence-corrected chi connectivity index (χ4v) is 3.30. The number of benzene rings is 1. The summed E-state index contributed by atoms with van der Waals surface area (Å²) in [5.74, 6) is 7.64. The Labute approximate surface area is 115 Å². The third-order valence-electron chi connectivity index (χ3n) is 2.90. The Morgan fingerprint density at radius 3 is 3.12 bits per heavy atom. The van der Waals surface area contributed by atoms with Crippen LogP contribution in [-0.2, 0) is 12.8 Å². The number of hydrogen-bond acceptors (Lipinski definition) is 4. The zero-order chi connectivity index (χ0) is 12.3. The van der Waals surface area contributed by atoms with E-state index in [0.29, 0.717) is 0 Å². The monoisotopic (exact) mass is 316 g/mol. The normalized spacial score (nSPS) is 15.5. The maximum Gasteiger partial charge on any atom is 0.125 e. The molecule has 1 aliphatic heterocycles. The number of nitrogens with one attached hydrogen (secondary N) is 1. The molecule has 0 bridgehead atoms. The lowest BCUT2D eigenvalue weighted by Gasteiger charge is -2.16. The summed E-state index contributed by atoms with van der Waals surface area (Å²) in [6.07, 6.45) is 4.00. The molecule has 0 amide bonds. The molecule has 5 heteroatoms. The number of hydrazine groups is 1. The van der Waals surface area contributed by atoms with Crippen molar-refractivity contribution in [1.29, 1.82) is 0 Å². The van der Waals surface area contributed by atoms with Crippen LogP contribution in [0.25, 0.3) is 0 Å². The molecule has 0 aliphatic carbocycles. The molecule has 1 aromatic rings. The van der Waals surface area contributed by atoms with Gasteiger partial charge in [-0.25, -0.2) is 0 Å². The standard InChI is InChI=1S/C12H17BrN2OS/c1-17-7-11(15-14)6-9-5-10(13)4-8-2-3-16-12(8)9/h4-5,11,15H,2-3,6-7,14H2,1H3. The number of nitrogens with two attached hydrogens (primary N) is 1. The molecule has 1 aromatic carbocycles. The highest BCUT2D eigenvalue weighted by Gasteiger charge is 2.19. The van der Waals surface area contributed by atoms with Crippen LogP contribution in [0.4, 0.5) is 0 Å². The smallest absolute Gasteiger partial charge is 0.125 e. The molecule has 0 spiro atoms. The molecular weight excluding hydrogens is 300 g/mol. The van der Waals surface area contributed by atoms with E-state index in [1.165, 1.54) is 11.1 Å². The third-order valence-corrected chi connectivity index (χ3v) is 4.09. The van der Waals surface area contributed by atoms with Crippen molar-refractivity contribution >= 4 is 27.7 Å². The maximum absolute atomic E-state index is 5.71. The molecule has 17 heavy (non-hydrogen) atoms. The molecule has 1 atom stereocenters. The molecule has 0 saturated carbocycles. The van der Waals surface area contributed by atoms with Crippen molar-refractivity contribution in [3.63, 3.8) is 0 Å². The Balaban J connectivity index is 2.20. The number of thioether (sulfide) groups is 1. The van der Waals surface area contributed by atoms with E-state index in [1.54, 1.807) is 11.8 Å². The second-order valence-corrected chi connectivity index (χ2v) is 6.00. The summed E-state index contributed by atoms with van der Waals surface area (Å²) in [6.45, 7) is 0.794. The third kappa shape index (κ3) is 3.16. The fourth-order valence-electron chi connectivity index (χ4n) is 2.13. The largest absolute Gasteiger partial charge is 0.493 e. The molecule has 1 unspecified atom stereocenters. The van der Waals surface area contributed by atoms with Gasteiger partial charge in [-0.15, -0.1) is 0 Å². The lowest BCUT2D eigenvalue weighted by Crippen LogP contribution is -2.38. The lowest BCUT2D eigenvalue weighted by atomic mass is 10.0. The van der Waals surface area contributed by atoms with Crippen molar-refractivity contribution in [3.05, 3.63) is 27.7 Å². The van der Waals surface area contributed by atoms with Gasteiger partial charge in [0.1, 0.15) is 5.75 Å². The average molecular weight is 317 g/mol. The Kier molecular flexibility index (Phi) is 4.73. The predicted octanol–water partition coefficient (Wildman–Crippen LogP) is 2.12. The van der Waals surface area contributed by atoms with Gasteiger partial charge >= 0.3 is 0 Å². The first-order valence-corrected chi connectivity index (χ1v) is 7.82. The van der Waals surface area contributed by atoms with Gasteiger partial charge in [-0.2, -0.15) is 11.8 Å². The van der Waals surface area contributed by atoms with Crippen LogP contribution < -0.4 is 16.0 Å². The first kappa shape index (κ1) is 13.2. The van der Waals surface area contributed by atoms with Crippen LogP contribution in [0.1, 0.15) is 11.1 Å². The summed E-state index contributed by atoms with van der Waals surface area (Å²) in [4.78, 5) is 0. The van der Waals surface area contributed by atoms with E-state index >= 15 is 0 Å². The first-order valence-electron chi connectivity index (χ1n) is 5.63. The lowest BCUT2D eigenvalue weighted by molar-refractivity contribution is 0.352. The summed E-state index contributed by atoms with van der Waals surface area (Å²) >= 11 is 5.35. The minimum absolute atomic E-state index is 0.285. The second-order valence-electron chi connectivity index (χ2n) is 4.17. The number of halogens is 1. The van der Waals surface area contributed by atoms with E-state index < -0.39 is 0 Å². The second kappa shape index (κ2) is 6.09. The predicted molar refractivity (Wildman–Crippen MR) is 76.5 cm³/mol. The van der Waals surface area contributed by atoms with Crippen LogP contribution in [0.3, 0.4) is 0 Å². The van der Waals surface area contributed by atoms with Crippen molar-refractivity contribution in [1.82, 2.24) is 5.43 Å². The Bertz CT molecular complexity index is 400. The highest BCUT2D eigenvalue weighted by atomic mass is 79.9. The minimum Gasteiger partial charge on any atom is -0.493 e. The van der Waals surface area contributed by atoms with E-state index in [4.69, 9.17) is 10.6 Å². The van der Waals surface area contributed by atoms with Crippen LogP contribution in [-0.4, -0.2) is 24.7 Å². The highest BCUT2D eigenvalue weighted by molar-refractivity contribution is 9.10. The maximum atomic E-state index is 5.71. The molecule has 1 heterocycles. The number of rotatable bonds is 5. The summed E-state index contributed by atoms with van der Waals surface area (Å²) in [5, 5.41) is 0. The van der Waals surface area contributed by atoms with Gasteiger partial charge in [0, 0.05) is 22.7 Å². The quantitative estimate of drug-likeness (QED) is 0.645. The van der Waals surface area contributed by atoms with Crippen LogP contribution in [0.2, 0.25) is 0 Å². The van der Waals surface area contributed by atoms with Crippen molar-refractivity contribution in [3.8, 4) is 5.75 Å². The van der Waals surface area contributed by atoms with Crippen LogP contribution >= 0.6 is 27.7 Å². The Hall–Kier alpha value is -0.230. The molecule has 1 aliphatic rings. The van der Waals surface area contributed by atoms with Crippen molar-refractivity contribution in [2.75, 3.05) is 18.6 Å². The SMILES string of the molecule is CSCC(Cc1cc(Br)cc2c1OCC2)NN. The highest BCUT2D eigenvalue weighted by Crippen LogP contribution is 2.33. The van der Waals surface area contributed by atoms with E-state index in [2.05, 4.69) is 39.7 Å². The van der Waals surface area contributed by atoms with Gasteiger partial charge in [-0.05, 0) is 35.9 Å². The molecule has 0 aromatic heterocycles. The van der Waals surface area contributed by atoms with Crippen LogP contribution in [0.15, 0.2) is 16.6 Å². The van der Waals surface area contributed by atoms with Crippen LogP contribution in [0.5, 0.6) is 5.75 Å². The number of ether oxygens (including phenoxy) is 1. The van der Waals surface area contributed by atoms with Gasteiger partial charge < -0.3 is 4.74 Å². The van der Waals surface area contributed by atoms with E-state index in [0.717, 1.165) is 35.4 Å². The van der Waals surface area contributed by atoms with Gasteiger partial charge in [0.05, 0.1) is 6.61 Å². The molecule has 3 N–H and O–H groups in total. The molecule has 3 nitrogen and oxygen atoms in total. The van der Waals surface area contributed by atoms with E-state index in [9.17, 15) is 0 Å². The van der Waals surface area contributed by atoms with Gasteiger partial charge in [0.2, 0.25) is 0 Å². The Morgan fingerprint density at radius 2 is 2.41 bits per heavy atom. The zero-order valence-electron chi connectivity index (χ0n) is 9.83. The molecule has 0 saturated heterocycles. The molecule has 0 radical (unpaired) electrons. The van der Waals surface area contributed by atoms with Crippen molar-refractivity contribution in [2.24, 2.45) is 5.84 Å². The minimum atomic E-state index is 0.285.